The van der Waals surface area contributed by atoms with Crippen LogP contribution >= 0.6 is 0 Å². The molecule has 3 rings (SSSR count). The third kappa shape index (κ3) is 2.21. The third-order valence-electron chi connectivity index (χ3n) is 2.36. The number of nitrogens with two attached hydrogens (primary N) is 1. The van der Waals surface area contributed by atoms with Gasteiger partial charge in [0.1, 0.15) is 12.3 Å². The summed E-state index contributed by atoms with van der Waals surface area (Å²) in [5.41, 5.74) is 6.27. The summed E-state index contributed by atoms with van der Waals surface area (Å²) in [5, 5.41) is 12.1. The lowest BCUT2D eigenvalue weighted by Gasteiger charge is -1.93. The van der Waals surface area contributed by atoms with E-state index in [-0.39, 0.29) is 0 Å². The molecule has 0 aliphatic carbocycles. The zero-order valence-corrected chi connectivity index (χ0v) is 9.45. The Balaban J connectivity index is 1.69. The highest BCUT2D eigenvalue weighted by Crippen LogP contribution is 2.04. The van der Waals surface area contributed by atoms with Gasteiger partial charge in [-0.2, -0.15) is 4.80 Å². The molecule has 0 aromatic carbocycles. The minimum absolute atomic E-state index is 0.382. The maximum absolute atomic E-state index is 5.49. The van der Waals surface area contributed by atoms with Crippen LogP contribution in [0.3, 0.4) is 0 Å². The van der Waals surface area contributed by atoms with Gasteiger partial charge in [-0.05, 0) is 17.3 Å². The average Bonchev–Trinajstić information content (AvgIpc) is 3.04. The average molecular weight is 245 g/mol. The lowest BCUT2D eigenvalue weighted by Crippen LogP contribution is -2.03. The first-order chi connectivity index (χ1) is 8.79. The van der Waals surface area contributed by atoms with Crippen LogP contribution in [0.5, 0.6) is 0 Å². The lowest BCUT2D eigenvalue weighted by atomic mass is 10.3. The molecule has 18 heavy (non-hydrogen) atoms. The van der Waals surface area contributed by atoms with Crippen molar-refractivity contribution in [2.75, 3.05) is 5.73 Å². The Morgan fingerprint density at radius 3 is 3.11 bits per heavy atom. The molecule has 0 amide bonds. The van der Waals surface area contributed by atoms with Crippen molar-refractivity contribution >= 4 is 5.95 Å². The molecule has 3 heterocycles. The van der Waals surface area contributed by atoms with E-state index in [4.69, 9.17) is 10.2 Å². The van der Waals surface area contributed by atoms with E-state index in [1.807, 2.05) is 12.1 Å². The Bertz CT molecular complexity index is 624. The van der Waals surface area contributed by atoms with E-state index >= 15 is 0 Å². The van der Waals surface area contributed by atoms with Gasteiger partial charge in [0.05, 0.1) is 18.4 Å². The van der Waals surface area contributed by atoms with Crippen molar-refractivity contribution in [3.63, 3.8) is 0 Å². The van der Waals surface area contributed by atoms with Crippen LogP contribution in [0.4, 0.5) is 5.95 Å². The number of nitrogen functional groups attached to an aromatic ring is 1. The Labute approximate surface area is 102 Å². The first-order valence-corrected chi connectivity index (χ1v) is 5.38. The summed E-state index contributed by atoms with van der Waals surface area (Å²) in [6.45, 7) is 0.461. The summed E-state index contributed by atoms with van der Waals surface area (Å²) in [6.07, 6.45) is 3.83. The van der Waals surface area contributed by atoms with Crippen molar-refractivity contribution in [2.45, 2.75) is 13.0 Å². The van der Waals surface area contributed by atoms with Crippen LogP contribution < -0.4 is 5.73 Å². The summed E-state index contributed by atoms with van der Waals surface area (Å²) < 4.78 is 5.21. The van der Waals surface area contributed by atoms with Crippen molar-refractivity contribution < 1.29 is 4.42 Å². The Kier molecular flexibility index (Phi) is 2.52. The highest BCUT2D eigenvalue weighted by Gasteiger charge is 2.07. The van der Waals surface area contributed by atoms with E-state index in [1.165, 1.54) is 4.80 Å². The SMILES string of the molecule is Nc1nc(Cc2nnn(Cc3ccco3)n2)c[nH]1. The Morgan fingerprint density at radius 1 is 1.44 bits per heavy atom. The van der Waals surface area contributed by atoms with E-state index in [0.717, 1.165) is 11.5 Å². The smallest absolute Gasteiger partial charge is 0.197 e. The number of rotatable bonds is 4. The minimum atomic E-state index is 0.382. The van der Waals surface area contributed by atoms with E-state index in [1.54, 1.807) is 12.5 Å². The van der Waals surface area contributed by atoms with Crippen LogP contribution in [-0.2, 0) is 13.0 Å². The fourth-order valence-corrected chi connectivity index (χ4v) is 1.59. The normalized spacial score (nSPS) is 10.9. The number of aromatic nitrogens is 6. The molecule has 0 fully saturated rings. The number of anilines is 1. The first-order valence-electron chi connectivity index (χ1n) is 5.38. The van der Waals surface area contributed by atoms with E-state index in [2.05, 4.69) is 25.4 Å². The maximum atomic E-state index is 5.49. The van der Waals surface area contributed by atoms with Crippen molar-refractivity contribution in [3.05, 3.63) is 41.9 Å². The van der Waals surface area contributed by atoms with Gasteiger partial charge in [0.2, 0.25) is 0 Å². The number of nitrogens with one attached hydrogen (secondary N) is 1. The van der Waals surface area contributed by atoms with E-state index in [9.17, 15) is 0 Å². The molecule has 0 radical (unpaired) electrons. The van der Waals surface area contributed by atoms with Crippen LogP contribution in [0.25, 0.3) is 0 Å². The second-order valence-corrected chi connectivity index (χ2v) is 3.77. The molecule has 8 heteroatoms. The van der Waals surface area contributed by atoms with Crippen LogP contribution in [0.15, 0.2) is 29.0 Å². The van der Waals surface area contributed by atoms with Gasteiger partial charge >= 0.3 is 0 Å². The molecule has 0 spiro atoms. The summed E-state index contributed by atoms with van der Waals surface area (Å²) in [7, 11) is 0. The molecular weight excluding hydrogens is 234 g/mol. The summed E-state index contributed by atoms with van der Waals surface area (Å²) in [6, 6.07) is 3.68. The number of imidazole rings is 1. The first kappa shape index (κ1) is 10.5. The molecule has 92 valence electrons. The highest BCUT2D eigenvalue weighted by molar-refractivity contribution is 5.20. The van der Waals surface area contributed by atoms with Crippen molar-refractivity contribution in [2.24, 2.45) is 0 Å². The predicted octanol–water partition coefficient (Wildman–Crippen LogP) is 0.210. The number of hydrogen-bond acceptors (Lipinski definition) is 6. The van der Waals surface area contributed by atoms with Crippen molar-refractivity contribution in [1.29, 1.82) is 0 Å². The maximum Gasteiger partial charge on any atom is 0.197 e. The Hall–Kier alpha value is -2.64. The molecule has 3 N–H and O–H groups in total. The molecule has 0 aliphatic heterocycles. The molecular formula is C10H11N7O. The molecule has 0 atom stereocenters. The van der Waals surface area contributed by atoms with E-state index in [0.29, 0.717) is 24.7 Å². The van der Waals surface area contributed by atoms with Gasteiger partial charge in [0, 0.05) is 6.20 Å². The number of furan rings is 1. The molecule has 0 aliphatic rings. The number of H-pyrrole nitrogens is 1. The summed E-state index contributed by atoms with van der Waals surface area (Å²) >= 11 is 0. The standard InChI is InChI=1S/C10H11N7O/c11-10-12-5-7(13-10)4-9-14-16-17(15-9)6-8-2-1-3-18-8/h1-3,5H,4,6H2,(H3,11,12,13). The summed E-state index contributed by atoms with van der Waals surface area (Å²) in [5.74, 6) is 1.75. The van der Waals surface area contributed by atoms with Crippen LogP contribution in [-0.4, -0.2) is 30.2 Å². The van der Waals surface area contributed by atoms with Crippen LogP contribution in [0, 0.1) is 0 Å². The van der Waals surface area contributed by atoms with Gasteiger partial charge in [-0.1, -0.05) is 0 Å². The highest BCUT2D eigenvalue weighted by atomic mass is 16.3. The topological polar surface area (TPSA) is 111 Å². The second-order valence-electron chi connectivity index (χ2n) is 3.77. The predicted molar refractivity (Wildman–Crippen MR) is 61.4 cm³/mol. The quantitative estimate of drug-likeness (QED) is 0.679. The van der Waals surface area contributed by atoms with Gasteiger partial charge in [-0.3, -0.25) is 0 Å². The lowest BCUT2D eigenvalue weighted by molar-refractivity contribution is 0.452. The van der Waals surface area contributed by atoms with E-state index < -0.39 is 0 Å². The molecule has 0 unspecified atom stereocenters. The Morgan fingerprint density at radius 2 is 2.39 bits per heavy atom. The summed E-state index contributed by atoms with van der Waals surface area (Å²) in [4.78, 5) is 8.35. The fourth-order valence-electron chi connectivity index (χ4n) is 1.59. The molecule has 0 saturated heterocycles. The number of nitrogens with zero attached hydrogens (tertiary/aromatic N) is 5. The van der Waals surface area contributed by atoms with Gasteiger partial charge < -0.3 is 15.1 Å². The molecule has 3 aromatic rings. The van der Waals surface area contributed by atoms with Crippen molar-refractivity contribution in [1.82, 2.24) is 30.2 Å². The van der Waals surface area contributed by atoms with Gasteiger partial charge in [-0.25, -0.2) is 4.98 Å². The number of tetrazole rings is 1. The van der Waals surface area contributed by atoms with Gasteiger partial charge in [0.25, 0.3) is 0 Å². The second kappa shape index (κ2) is 4.32. The molecule has 3 aromatic heterocycles. The van der Waals surface area contributed by atoms with Gasteiger partial charge in [-0.15, -0.1) is 10.2 Å². The number of hydrogen-bond donors (Lipinski definition) is 2. The number of aromatic amines is 1. The molecule has 0 saturated carbocycles. The van der Waals surface area contributed by atoms with Crippen molar-refractivity contribution in [3.8, 4) is 0 Å². The monoisotopic (exact) mass is 245 g/mol. The van der Waals surface area contributed by atoms with Crippen LogP contribution in [0.1, 0.15) is 17.3 Å². The zero-order chi connectivity index (χ0) is 12.4. The minimum Gasteiger partial charge on any atom is -0.467 e. The van der Waals surface area contributed by atoms with Crippen LogP contribution in [0.2, 0.25) is 0 Å². The third-order valence-corrected chi connectivity index (χ3v) is 2.36. The largest absolute Gasteiger partial charge is 0.467 e. The molecule has 0 bridgehead atoms. The van der Waals surface area contributed by atoms with Gasteiger partial charge in [0.15, 0.2) is 11.8 Å². The zero-order valence-electron chi connectivity index (χ0n) is 9.45. The fraction of sp³-hybridized carbons (Fsp3) is 0.200. The molecule has 8 nitrogen and oxygen atoms in total.